The SMILES string of the molecule is CC(C)c1nccn1Cc1ccc(C#CCO)cc1. The molecule has 3 heteroatoms. The van der Waals surface area contributed by atoms with Gasteiger partial charge in [-0.15, -0.1) is 0 Å². The molecule has 0 atom stereocenters. The van der Waals surface area contributed by atoms with Crippen LogP contribution in [-0.2, 0) is 6.54 Å². The van der Waals surface area contributed by atoms with Crippen LogP contribution in [-0.4, -0.2) is 21.3 Å². The lowest BCUT2D eigenvalue weighted by molar-refractivity contribution is 0.350. The minimum absolute atomic E-state index is 0.103. The lowest BCUT2D eigenvalue weighted by atomic mass is 10.1. The van der Waals surface area contributed by atoms with Crippen molar-refractivity contribution in [2.75, 3.05) is 6.61 Å². The molecule has 19 heavy (non-hydrogen) atoms. The van der Waals surface area contributed by atoms with Crippen molar-refractivity contribution in [1.29, 1.82) is 0 Å². The second-order valence-electron chi connectivity index (χ2n) is 4.72. The summed E-state index contributed by atoms with van der Waals surface area (Å²) in [5, 5.41) is 8.65. The van der Waals surface area contributed by atoms with E-state index in [0.717, 1.165) is 17.9 Å². The molecule has 2 rings (SSSR count). The van der Waals surface area contributed by atoms with Gasteiger partial charge in [-0.1, -0.05) is 37.8 Å². The van der Waals surface area contributed by atoms with Crippen LogP contribution in [0.5, 0.6) is 0 Å². The van der Waals surface area contributed by atoms with Gasteiger partial charge in [0.1, 0.15) is 12.4 Å². The summed E-state index contributed by atoms with van der Waals surface area (Å²) in [5.74, 6) is 7.06. The number of rotatable bonds is 3. The first-order chi connectivity index (χ1) is 9.20. The molecule has 1 N–H and O–H groups in total. The molecule has 0 radical (unpaired) electrons. The highest BCUT2D eigenvalue weighted by molar-refractivity contribution is 5.36. The molecule has 0 saturated heterocycles. The molecule has 0 saturated carbocycles. The normalized spacial score (nSPS) is 10.3. The van der Waals surface area contributed by atoms with Crippen molar-refractivity contribution in [3.63, 3.8) is 0 Å². The molecular formula is C16H18N2O. The average Bonchev–Trinajstić information content (AvgIpc) is 2.86. The van der Waals surface area contributed by atoms with Gasteiger partial charge in [-0.25, -0.2) is 4.98 Å². The van der Waals surface area contributed by atoms with Gasteiger partial charge in [0.2, 0.25) is 0 Å². The van der Waals surface area contributed by atoms with Crippen molar-refractivity contribution in [3.05, 3.63) is 53.6 Å². The number of benzene rings is 1. The molecular weight excluding hydrogens is 236 g/mol. The fraction of sp³-hybridized carbons (Fsp3) is 0.312. The fourth-order valence-electron chi connectivity index (χ4n) is 1.99. The molecule has 2 aromatic rings. The lowest BCUT2D eigenvalue weighted by Gasteiger charge is -2.10. The highest BCUT2D eigenvalue weighted by Gasteiger charge is 2.07. The van der Waals surface area contributed by atoms with Crippen molar-refractivity contribution in [1.82, 2.24) is 9.55 Å². The maximum Gasteiger partial charge on any atom is 0.111 e. The summed E-state index contributed by atoms with van der Waals surface area (Å²) in [5.41, 5.74) is 2.14. The van der Waals surface area contributed by atoms with Gasteiger partial charge in [-0.3, -0.25) is 0 Å². The second-order valence-corrected chi connectivity index (χ2v) is 4.72. The van der Waals surface area contributed by atoms with Crippen molar-refractivity contribution in [2.24, 2.45) is 0 Å². The van der Waals surface area contributed by atoms with E-state index in [0.29, 0.717) is 5.92 Å². The predicted octanol–water partition coefficient (Wildman–Crippen LogP) is 2.40. The Bertz CT molecular complexity index is 585. The van der Waals surface area contributed by atoms with E-state index in [4.69, 9.17) is 5.11 Å². The molecule has 0 bridgehead atoms. The summed E-state index contributed by atoms with van der Waals surface area (Å²) in [6.45, 7) is 5.01. The zero-order valence-corrected chi connectivity index (χ0v) is 11.3. The Labute approximate surface area is 113 Å². The first-order valence-electron chi connectivity index (χ1n) is 6.40. The van der Waals surface area contributed by atoms with Gasteiger partial charge in [-0.2, -0.15) is 0 Å². The van der Waals surface area contributed by atoms with E-state index >= 15 is 0 Å². The van der Waals surface area contributed by atoms with Gasteiger partial charge >= 0.3 is 0 Å². The molecule has 98 valence electrons. The Morgan fingerprint density at radius 3 is 2.63 bits per heavy atom. The average molecular weight is 254 g/mol. The third-order valence-electron chi connectivity index (χ3n) is 2.88. The maximum atomic E-state index is 8.65. The first-order valence-corrected chi connectivity index (χ1v) is 6.40. The fourth-order valence-corrected chi connectivity index (χ4v) is 1.99. The van der Waals surface area contributed by atoms with Gasteiger partial charge in [0.25, 0.3) is 0 Å². The summed E-state index contributed by atoms with van der Waals surface area (Å²) in [7, 11) is 0. The topological polar surface area (TPSA) is 38.0 Å². The lowest BCUT2D eigenvalue weighted by Crippen LogP contribution is -2.05. The van der Waals surface area contributed by atoms with Crippen LogP contribution < -0.4 is 0 Å². The van der Waals surface area contributed by atoms with Crippen LogP contribution in [0.3, 0.4) is 0 Å². The monoisotopic (exact) mass is 254 g/mol. The largest absolute Gasteiger partial charge is 0.384 e. The van der Waals surface area contributed by atoms with Gasteiger partial charge in [0, 0.05) is 30.4 Å². The van der Waals surface area contributed by atoms with Gasteiger partial charge < -0.3 is 9.67 Å². The minimum atomic E-state index is -0.103. The molecule has 0 aliphatic rings. The Kier molecular flexibility index (Phi) is 4.38. The quantitative estimate of drug-likeness (QED) is 0.854. The van der Waals surface area contributed by atoms with Crippen LogP contribution in [0.15, 0.2) is 36.7 Å². The standard InChI is InChI=1S/C16H18N2O/c1-13(2)16-17-9-10-18(16)12-15-7-5-14(6-8-15)4-3-11-19/h5-10,13,19H,11-12H2,1-2H3. The third-order valence-corrected chi connectivity index (χ3v) is 2.88. The van der Waals surface area contributed by atoms with E-state index in [2.05, 4.69) is 47.4 Å². The Morgan fingerprint density at radius 1 is 1.26 bits per heavy atom. The van der Waals surface area contributed by atoms with E-state index < -0.39 is 0 Å². The van der Waals surface area contributed by atoms with Crippen molar-refractivity contribution in [2.45, 2.75) is 26.3 Å². The van der Waals surface area contributed by atoms with Gasteiger partial charge in [0.15, 0.2) is 0 Å². The predicted molar refractivity (Wildman–Crippen MR) is 75.8 cm³/mol. The zero-order valence-electron chi connectivity index (χ0n) is 11.3. The smallest absolute Gasteiger partial charge is 0.111 e. The number of hydrogen-bond acceptors (Lipinski definition) is 2. The van der Waals surface area contributed by atoms with E-state index in [9.17, 15) is 0 Å². The van der Waals surface area contributed by atoms with Crippen LogP contribution in [0, 0.1) is 11.8 Å². The number of hydrogen-bond donors (Lipinski definition) is 1. The third kappa shape index (κ3) is 3.46. The summed E-state index contributed by atoms with van der Waals surface area (Å²) in [6, 6.07) is 8.07. The Hall–Kier alpha value is -2.05. The molecule has 1 aromatic heterocycles. The number of aliphatic hydroxyl groups excluding tert-OH is 1. The van der Waals surface area contributed by atoms with Gasteiger partial charge in [0.05, 0.1) is 0 Å². The molecule has 0 unspecified atom stereocenters. The maximum absolute atomic E-state index is 8.65. The molecule has 3 nitrogen and oxygen atoms in total. The highest BCUT2D eigenvalue weighted by Crippen LogP contribution is 2.14. The second kappa shape index (κ2) is 6.21. The highest BCUT2D eigenvalue weighted by atomic mass is 16.2. The first kappa shape index (κ1) is 13.4. The number of aromatic nitrogens is 2. The molecule has 0 aliphatic heterocycles. The number of aliphatic hydroxyl groups is 1. The van der Waals surface area contributed by atoms with E-state index in [-0.39, 0.29) is 6.61 Å². The number of imidazole rings is 1. The van der Waals surface area contributed by atoms with Crippen LogP contribution in [0.25, 0.3) is 0 Å². The van der Waals surface area contributed by atoms with E-state index in [1.807, 2.05) is 24.5 Å². The van der Waals surface area contributed by atoms with Crippen molar-refractivity contribution < 1.29 is 5.11 Å². The molecule has 0 aliphatic carbocycles. The Balaban J connectivity index is 2.13. The van der Waals surface area contributed by atoms with Crippen LogP contribution in [0.4, 0.5) is 0 Å². The summed E-state index contributed by atoms with van der Waals surface area (Å²) in [4.78, 5) is 4.38. The van der Waals surface area contributed by atoms with E-state index in [1.165, 1.54) is 5.56 Å². The van der Waals surface area contributed by atoms with Crippen LogP contribution in [0.2, 0.25) is 0 Å². The van der Waals surface area contributed by atoms with Crippen LogP contribution >= 0.6 is 0 Å². The molecule has 1 heterocycles. The minimum Gasteiger partial charge on any atom is -0.384 e. The van der Waals surface area contributed by atoms with Crippen molar-refractivity contribution in [3.8, 4) is 11.8 Å². The summed E-state index contributed by atoms with van der Waals surface area (Å²) < 4.78 is 2.17. The van der Waals surface area contributed by atoms with Crippen LogP contribution in [0.1, 0.15) is 36.7 Å². The Morgan fingerprint density at radius 2 is 2.00 bits per heavy atom. The summed E-state index contributed by atoms with van der Waals surface area (Å²) in [6.07, 6.45) is 3.85. The molecule has 1 aromatic carbocycles. The van der Waals surface area contributed by atoms with Crippen molar-refractivity contribution >= 4 is 0 Å². The molecule has 0 amide bonds. The molecule has 0 fully saturated rings. The van der Waals surface area contributed by atoms with E-state index in [1.54, 1.807) is 0 Å². The number of nitrogens with zero attached hydrogens (tertiary/aromatic N) is 2. The zero-order chi connectivity index (χ0) is 13.7. The summed E-state index contributed by atoms with van der Waals surface area (Å²) >= 11 is 0. The van der Waals surface area contributed by atoms with Gasteiger partial charge in [-0.05, 0) is 17.7 Å². The molecule has 0 spiro atoms.